The van der Waals surface area contributed by atoms with Gasteiger partial charge in [-0.2, -0.15) is 0 Å². The number of imidazole rings is 1. The van der Waals surface area contributed by atoms with Gasteiger partial charge in [0, 0.05) is 0 Å². The topological polar surface area (TPSA) is 38.0 Å². The first-order valence-electron chi connectivity index (χ1n) is 6.42. The number of aliphatic hydroxyl groups is 1. The summed E-state index contributed by atoms with van der Waals surface area (Å²) in [5, 5.41) is 8.85. The molecule has 1 aromatic carbocycles. The Hall–Kier alpha value is -1.35. The van der Waals surface area contributed by atoms with E-state index in [9.17, 15) is 0 Å². The highest BCUT2D eigenvalue weighted by Crippen LogP contribution is 2.10. The van der Waals surface area contributed by atoms with Crippen molar-refractivity contribution < 1.29 is 5.11 Å². The van der Waals surface area contributed by atoms with Crippen molar-refractivity contribution in [2.45, 2.75) is 48.3 Å². The molecule has 0 saturated carbocycles. The molecule has 0 atom stereocenters. The number of hydrogen-bond donors (Lipinski definition) is 1. The zero-order chi connectivity index (χ0) is 13.7. The maximum absolute atomic E-state index is 8.85. The van der Waals surface area contributed by atoms with Crippen LogP contribution in [0.3, 0.4) is 0 Å². The average Bonchev–Trinajstić information content (AvgIpc) is 2.88. The summed E-state index contributed by atoms with van der Waals surface area (Å²) in [7, 11) is 0. The molecule has 2 rings (SSSR count). The summed E-state index contributed by atoms with van der Waals surface area (Å²) in [6.07, 6.45) is 1.63. The van der Waals surface area contributed by atoms with E-state index in [-0.39, 0.29) is 6.73 Å². The van der Waals surface area contributed by atoms with Gasteiger partial charge in [0.1, 0.15) is 6.73 Å². The number of benzene rings is 1. The predicted octanol–water partition coefficient (Wildman–Crippen LogP) is 4.06. The molecule has 17 heavy (non-hydrogen) atoms. The van der Waals surface area contributed by atoms with Crippen LogP contribution in [0.2, 0.25) is 0 Å². The summed E-state index contributed by atoms with van der Waals surface area (Å²) in [4.78, 5) is 4.09. The monoisotopic (exact) mass is 238 g/mol. The number of para-hydroxylation sites is 2. The normalized spacial score (nSPS) is 7.94. The minimum atomic E-state index is -0.0134. The molecule has 0 spiro atoms. The van der Waals surface area contributed by atoms with E-state index in [1.54, 1.807) is 10.9 Å². The van der Waals surface area contributed by atoms with Crippen LogP contribution in [0, 0.1) is 0 Å². The molecule has 3 heteroatoms. The van der Waals surface area contributed by atoms with Gasteiger partial charge in [-0.05, 0) is 12.1 Å². The number of hydrogen-bond acceptors (Lipinski definition) is 2. The Morgan fingerprint density at radius 3 is 2.06 bits per heavy atom. The number of rotatable bonds is 1. The Kier molecular flexibility index (Phi) is 13.5. The van der Waals surface area contributed by atoms with Gasteiger partial charge in [0.15, 0.2) is 0 Å². The summed E-state index contributed by atoms with van der Waals surface area (Å²) in [6, 6.07) is 7.70. The van der Waals surface area contributed by atoms with Crippen molar-refractivity contribution in [1.29, 1.82) is 0 Å². The second-order valence-electron chi connectivity index (χ2n) is 2.34. The van der Waals surface area contributed by atoms with Crippen LogP contribution in [-0.2, 0) is 6.73 Å². The molecule has 2 aromatic rings. The number of aromatic nitrogens is 2. The second-order valence-corrected chi connectivity index (χ2v) is 2.34. The summed E-state index contributed by atoms with van der Waals surface area (Å²) < 4.78 is 1.69. The Bertz CT molecular complexity index is 369. The molecule has 0 radical (unpaired) electrons. The Labute approximate surface area is 105 Å². The zero-order valence-corrected chi connectivity index (χ0v) is 11.9. The van der Waals surface area contributed by atoms with Crippen molar-refractivity contribution in [2.24, 2.45) is 0 Å². The number of fused-ring (bicyclic) bond motifs is 1. The summed E-state index contributed by atoms with van der Waals surface area (Å²) in [6.45, 7) is 12.0. The van der Waals surface area contributed by atoms with Gasteiger partial charge < -0.3 is 9.67 Å². The van der Waals surface area contributed by atoms with E-state index < -0.39 is 0 Å². The van der Waals surface area contributed by atoms with Gasteiger partial charge in [0.2, 0.25) is 0 Å². The van der Waals surface area contributed by atoms with Crippen molar-refractivity contribution in [3.05, 3.63) is 30.6 Å². The first-order chi connectivity index (χ1) is 8.42. The lowest BCUT2D eigenvalue weighted by Crippen LogP contribution is -1.92. The second kappa shape index (κ2) is 12.7. The van der Waals surface area contributed by atoms with Crippen LogP contribution in [0.5, 0.6) is 0 Å². The van der Waals surface area contributed by atoms with Crippen LogP contribution in [0.1, 0.15) is 41.5 Å². The highest BCUT2D eigenvalue weighted by molar-refractivity contribution is 5.74. The lowest BCUT2D eigenvalue weighted by atomic mass is 10.3. The minimum Gasteiger partial charge on any atom is -0.376 e. The van der Waals surface area contributed by atoms with Gasteiger partial charge in [-0.25, -0.2) is 4.98 Å². The molecule has 1 aromatic heterocycles. The van der Waals surface area contributed by atoms with Crippen LogP contribution in [-0.4, -0.2) is 14.7 Å². The SMILES string of the molecule is CC.CC.CC.OCn1cnc2ccccc21. The molecule has 0 aliphatic rings. The van der Waals surface area contributed by atoms with Crippen LogP contribution >= 0.6 is 0 Å². The quantitative estimate of drug-likeness (QED) is 0.813. The fourth-order valence-corrected chi connectivity index (χ4v) is 1.12. The van der Waals surface area contributed by atoms with Crippen molar-refractivity contribution in [2.75, 3.05) is 0 Å². The van der Waals surface area contributed by atoms with Crippen LogP contribution < -0.4 is 0 Å². The van der Waals surface area contributed by atoms with Gasteiger partial charge in [-0.15, -0.1) is 0 Å². The van der Waals surface area contributed by atoms with Gasteiger partial charge in [-0.3, -0.25) is 0 Å². The third-order valence-corrected chi connectivity index (χ3v) is 1.68. The standard InChI is InChI=1S/C8H8N2O.3C2H6/c11-6-10-5-9-7-3-1-2-4-8(7)10;3*1-2/h1-5,11H,6H2;3*1-2H3. The van der Waals surface area contributed by atoms with E-state index in [0.717, 1.165) is 11.0 Å². The first-order valence-corrected chi connectivity index (χ1v) is 6.42. The third-order valence-electron chi connectivity index (χ3n) is 1.68. The highest BCUT2D eigenvalue weighted by atomic mass is 16.3. The smallest absolute Gasteiger partial charge is 0.121 e. The first kappa shape index (κ1) is 18.0. The molecule has 0 aliphatic heterocycles. The van der Waals surface area contributed by atoms with Gasteiger partial charge in [0.25, 0.3) is 0 Å². The maximum atomic E-state index is 8.85. The molecule has 0 aliphatic carbocycles. The molecule has 98 valence electrons. The van der Waals surface area contributed by atoms with Crippen molar-refractivity contribution >= 4 is 11.0 Å². The van der Waals surface area contributed by atoms with E-state index >= 15 is 0 Å². The maximum Gasteiger partial charge on any atom is 0.121 e. The fraction of sp³-hybridized carbons (Fsp3) is 0.500. The van der Waals surface area contributed by atoms with E-state index in [0.29, 0.717) is 0 Å². The van der Waals surface area contributed by atoms with E-state index in [1.165, 1.54) is 0 Å². The van der Waals surface area contributed by atoms with Crippen LogP contribution in [0.15, 0.2) is 30.6 Å². The average molecular weight is 238 g/mol. The van der Waals surface area contributed by atoms with Crippen LogP contribution in [0.4, 0.5) is 0 Å². The lowest BCUT2D eigenvalue weighted by Gasteiger charge is -1.95. The molecule has 0 fully saturated rings. The molecule has 1 N–H and O–H groups in total. The van der Waals surface area contributed by atoms with Crippen molar-refractivity contribution in [3.8, 4) is 0 Å². The Morgan fingerprint density at radius 1 is 1.00 bits per heavy atom. The van der Waals surface area contributed by atoms with Crippen molar-refractivity contribution in [1.82, 2.24) is 9.55 Å². The largest absolute Gasteiger partial charge is 0.376 e. The third kappa shape index (κ3) is 5.50. The zero-order valence-electron chi connectivity index (χ0n) is 11.9. The molecule has 3 nitrogen and oxygen atoms in total. The van der Waals surface area contributed by atoms with Gasteiger partial charge >= 0.3 is 0 Å². The molecule has 0 saturated heterocycles. The highest BCUT2D eigenvalue weighted by Gasteiger charge is 1.97. The molecule has 1 heterocycles. The summed E-state index contributed by atoms with van der Waals surface area (Å²) >= 11 is 0. The van der Waals surface area contributed by atoms with Gasteiger partial charge in [0.05, 0.1) is 17.4 Å². The van der Waals surface area contributed by atoms with E-state index in [1.807, 2.05) is 65.8 Å². The van der Waals surface area contributed by atoms with Crippen molar-refractivity contribution in [3.63, 3.8) is 0 Å². The fourth-order valence-electron chi connectivity index (χ4n) is 1.12. The number of aliphatic hydroxyl groups excluding tert-OH is 1. The van der Waals surface area contributed by atoms with E-state index in [4.69, 9.17) is 5.11 Å². The summed E-state index contributed by atoms with van der Waals surface area (Å²) in [5.74, 6) is 0. The summed E-state index contributed by atoms with van der Waals surface area (Å²) in [5.41, 5.74) is 1.89. The van der Waals surface area contributed by atoms with E-state index in [2.05, 4.69) is 4.98 Å². The molecule has 0 unspecified atom stereocenters. The van der Waals surface area contributed by atoms with Gasteiger partial charge in [-0.1, -0.05) is 53.7 Å². The Balaban J connectivity index is 0. The lowest BCUT2D eigenvalue weighted by molar-refractivity contribution is 0.215. The molecular weight excluding hydrogens is 212 g/mol. The Morgan fingerprint density at radius 2 is 1.53 bits per heavy atom. The number of nitrogens with zero attached hydrogens (tertiary/aromatic N) is 2. The molecule has 0 bridgehead atoms. The minimum absolute atomic E-state index is 0.0134. The molecule has 0 amide bonds. The van der Waals surface area contributed by atoms with Crippen LogP contribution in [0.25, 0.3) is 11.0 Å². The molecular formula is C14H26N2O. The predicted molar refractivity (Wildman–Crippen MR) is 76.0 cm³/mol.